The molecule has 1 aromatic heterocycles. The number of nitrogens with two attached hydrogens (primary N) is 1. The molecule has 1 heterocycles. The van der Waals surface area contributed by atoms with E-state index >= 15 is 0 Å². The number of halogens is 2. The summed E-state index contributed by atoms with van der Waals surface area (Å²) in [6, 6.07) is 5.84. The van der Waals surface area contributed by atoms with Gasteiger partial charge in [-0.2, -0.15) is 0 Å². The molecule has 0 saturated carbocycles. The van der Waals surface area contributed by atoms with Crippen molar-refractivity contribution in [3.8, 4) is 0 Å². The summed E-state index contributed by atoms with van der Waals surface area (Å²) >= 11 is 0. The highest BCUT2D eigenvalue weighted by Crippen LogP contribution is 2.24. The summed E-state index contributed by atoms with van der Waals surface area (Å²) in [5.74, 6) is -1.75. The fourth-order valence-electron chi connectivity index (χ4n) is 1.79. The van der Waals surface area contributed by atoms with Crippen LogP contribution in [-0.2, 0) is 0 Å². The van der Waals surface area contributed by atoms with Crippen LogP contribution in [0.2, 0.25) is 0 Å². The van der Waals surface area contributed by atoms with Crippen LogP contribution in [0.4, 0.5) is 8.78 Å². The summed E-state index contributed by atoms with van der Waals surface area (Å²) in [5, 5.41) is 0. The third-order valence-corrected chi connectivity index (χ3v) is 2.90. The van der Waals surface area contributed by atoms with Crippen LogP contribution in [0, 0.1) is 25.5 Å². The minimum absolute atomic E-state index is 0.121. The first kappa shape index (κ1) is 12.6. The third-order valence-electron chi connectivity index (χ3n) is 2.90. The molecule has 0 radical (unpaired) electrons. The summed E-state index contributed by atoms with van der Waals surface area (Å²) in [4.78, 5) is 4.09. The maximum atomic E-state index is 13.8. The van der Waals surface area contributed by atoms with Crippen LogP contribution in [0.25, 0.3) is 0 Å². The van der Waals surface area contributed by atoms with E-state index in [0.29, 0.717) is 5.69 Å². The number of pyridine rings is 1. The van der Waals surface area contributed by atoms with E-state index in [1.807, 2.05) is 13.0 Å². The molecule has 0 fully saturated rings. The Morgan fingerprint density at radius 1 is 1.11 bits per heavy atom. The van der Waals surface area contributed by atoms with Crippen molar-refractivity contribution in [1.82, 2.24) is 4.98 Å². The SMILES string of the molecule is Cc1ccnc(C(N)c2ccc(C)c(F)c2F)c1. The first-order valence-electron chi connectivity index (χ1n) is 5.63. The molecule has 0 aliphatic rings. The fourth-order valence-corrected chi connectivity index (χ4v) is 1.79. The number of nitrogens with zero attached hydrogens (tertiary/aromatic N) is 1. The van der Waals surface area contributed by atoms with Gasteiger partial charge in [-0.1, -0.05) is 12.1 Å². The van der Waals surface area contributed by atoms with Crippen LogP contribution < -0.4 is 5.73 Å². The van der Waals surface area contributed by atoms with Crippen LogP contribution in [0.3, 0.4) is 0 Å². The van der Waals surface area contributed by atoms with E-state index in [-0.39, 0.29) is 11.1 Å². The van der Waals surface area contributed by atoms with E-state index in [4.69, 9.17) is 5.73 Å². The summed E-state index contributed by atoms with van der Waals surface area (Å²) in [6.07, 6.45) is 1.60. The molecule has 0 bridgehead atoms. The monoisotopic (exact) mass is 248 g/mol. The van der Waals surface area contributed by atoms with Gasteiger partial charge < -0.3 is 5.73 Å². The normalized spacial score (nSPS) is 12.5. The van der Waals surface area contributed by atoms with E-state index in [1.54, 1.807) is 12.3 Å². The molecule has 0 saturated heterocycles. The summed E-state index contributed by atoms with van der Waals surface area (Å²) in [7, 11) is 0. The van der Waals surface area contributed by atoms with Gasteiger partial charge in [0.05, 0.1) is 11.7 Å². The Labute approximate surface area is 104 Å². The molecule has 4 heteroatoms. The van der Waals surface area contributed by atoms with Crippen molar-refractivity contribution in [2.24, 2.45) is 5.73 Å². The second-order valence-corrected chi connectivity index (χ2v) is 4.34. The lowest BCUT2D eigenvalue weighted by molar-refractivity contribution is 0.488. The molecule has 2 rings (SSSR count). The van der Waals surface area contributed by atoms with E-state index < -0.39 is 17.7 Å². The molecule has 0 amide bonds. The van der Waals surface area contributed by atoms with Gasteiger partial charge in [0, 0.05) is 11.8 Å². The smallest absolute Gasteiger partial charge is 0.164 e. The van der Waals surface area contributed by atoms with Crippen LogP contribution in [0.15, 0.2) is 30.5 Å². The molecule has 2 N–H and O–H groups in total. The zero-order valence-corrected chi connectivity index (χ0v) is 10.2. The summed E-state index contributed by atoms with van der Waals surface area (Å²) in [5.41, 5.74) is 7.82. The molecule has 94 valence electrons. The van der Waals surface area contributed by atoms with Gasteiger partial charge in [0.15, 0.2) is 11.6 Å². The largest absolute Gasteiger partial charge is 0.319 e. The average molecular weight is 248 g/mol. The molecular weight excluding hydrogens is 234 g/mol. The van der Waals surface area contributed by atoms with Gasteiger partial charge in [0.1, 0.15) is 0 Å². The van der Waals surface area contributed by atoms with Gasteiger partial charge in [-0.15, -0.1) is 0 Å². The van der Waals surface area contributed by atoms with Gasteiger partial charge >= 0.3 is 0 Å². The fraction of sp³-hybridized carbons (Fsp3) is 0.214. The Kier molecular flexibility index (Phi) is 3.39. The van der Waals surface area contributed by atoms with Crippen molar-refractivity contribution in [2.45, 2.75) is 19.9 Å². The molecule has 0 spiro atoms. The Bertz CT molecular complexity index is 582. The molecule has 2 nitrogen and oxygen atoms in total. The first-order valence-corrected chi connectivity index (χ1v) is 5.63. The highest BCUT2D eigenvalue weighted by Gasteiger charge is 2.18. The Morgan fingerprint density at radius 3 is 2.50 bits per heavy atom. The van der Waals surface area contributed by atoms with E-state index in [0.717, 1.165) is 5.56 Å². The standard InChI is InChI=1S/C14H14F2N2/c1-8-5-6-18-11(7-8)14(17)10-4-3-9(2)12(15)13(10)16/h3-7,14H,17H2,1-2H3. The molecule has 0 aliphatic carbocycles. The highest BCUT2D eigenvalue weighted by atomic mass is 19.2. The molecule has 18 heavy (non-hydrogen) atoms. The molecule has 1 atom stereocenters. The molecule has 0 aliphatic heterocycles. The second-order valence-electron chi connectivity index (χ2n) is 4.34. The molecule has 1 unspecified atom stereocenters. The summed E-state index contributed by atoms with van der Waals surface area (Å²) < 4.78 is 27.3. The van der Waals surface area contributed by atoms with Gasteiger partial charge in [0.2, 0.25) is 0 Å². The Morgan fingerprint density at radius 2 is 1.83 bits per heavy atom. The minimum Gasteiger partial charge on any atom is -0.319 e. The summed E-state index contributed by atoms with van der Waals surface area (Å²) in [6.45, 7) is 3.41. The number of aryl methyl sites for hydroxylation is 2. The first-order chi connectivity index (χ1) is 8.50. The number of rotatable bonds is 2. The second kappa shape index (κ2) is 4.82. The maximum Gasteiger partial charge on any atom is 0.164 e. The number of benzene rings is 1. The molecule has 1 aromatic carbocycles. The number of hydrogen-bond acceptors (Lipinski definition) is 2. The quantitative estimate of drug-likeness (QED) is 0.887. The Balaban J connectivity index is 2.46. The predicted molar refractivity (Wildman–Crippen MR) is 66.1 cm³/mol. The van der Waals surface area contributed by atoms with Gasteiger partial charge in [-0.3, -0.25) is 4.98 Å². The van der Waals surface area contributed by atoms with Crippen LogP contribution in [0.1, 0.15) is 28.4 Å². The van der Waals surface area contributed by atoms with Crippen LogP contribution >= 0.6 is 0 Å². The zero-order chi connectivity index (χ0) is 13.3. The van der Waals surface area contributed by atoms with E-state index in [2.05, 4.69) is 4.98 Å². The average Bonchev–Trinajstić information content (AvgIpc) is 2.35. The molecule has 2 aromatic rings. The van der Waals surface area contributed by atoms with Gasteiger partial charge in [-0.05, 0) is 37.1 Å². The van der Waals surface area contributed by atoms with Gasteiger partial charge in [0.25, 0.3) is 0 Å². The van der Waals surface area contributed by atoms with Crippen molar-refractivity contribution in [3.05, 3.63) is 64.5 Å². The minimum atomic E-state index is -0.897. The lowest BCUT2D eigenvalue weighted by Gasteiger charge is -2.14. The van der Waals surface area contributed by atoms with E-state index in [9.17, 15) is 8.78 Å². The van der Waals surface area contributed by atoms with Crippen molar-refractivity contribution >= 4 is 0 Å². The van der Waals surface area contributed by atoms with Crippen LogP contribution in [0.5, 0.6) is 0 Å². The van der Waals surface area contributed by atoms with E-state index in [1.165, 1.54) is 19.1 Å². The third kappa shape index (κ3) is 2.24. The Hall–Kier alpha value is -1.81. The zero-order valence-electron chi connectivity index (χ0n) is 10.2. The lowest BCUT2D eigenvalue weighted by atomic mass is 10.0. The topological polar surface area (TPSA) is 38.9 Å². The molecular formula is C14H14F2N2. The van der Waals surface area contributed by atoms with Crippen molar-refractivity contribution in [3.63, 3.8) is 0 Å². The lowest BCUT2D eigenvalue weighted by Crippen LogP contribution is -2.16. The number of hydrogen-bond donors (Lipinski definition) is 1. The van der Waals surface area contributed by atoms with Crippen molar-refractivity contribution in [1.29, 1.82) is 0 Å². The van der Waals surface area contributed by atoms with Crippen LogP contribution in [-0.4, -0.2) is 4.98 Å². The van der Waals surface area contributed by atoms with Crippen molar-refractivity contribution in [2.75, 3.05) is 0 Å². The predicted octanol–water partition coefficient (Wildman–Crippen LogP) is 3.02. The highest BCUT2D eigenvalue weighted by molar-refractivity contribution is 5.33. The van der Waals surface area contributed by atoms with Gasteiger partial charge in [-0.25, -0.2) is 8.78 Å². The van der Waals surface area contributed by atoms with Crippen molar-refractivity contribution < 1.29 is 8.78 Å². The number of aromatic nitrogens is 1. The maximum absolute atomic E-state index is 13.8.